The number of carbonyl (C=O) groups is 2. The highest BCUT2D eigenvalue weighted by Gasteiger charge is 2.24. The quantitative estimate of drug-likeness (QED) is 0.628. The molecule has 2 aromatic rings. The van der Waals surface area contributed by atoms with E-state index in [1.54, 1.807) is 30.3 Å². The summed E-state index contributed by atoms with van der Waals surface area (Å²) in [6.45, 7) is 2.69. The van der Waals surface area contributed by atoms with Crippen molar-refractivity contribution in [1.29, 1.82) is 0 Å². The lowest BCUT2D eigenvalue weighted by Crippen LogP contribution is -2.35. The first-order chi connectivity index (χ1) is 12.3. The van der Waals surface area contributed by atoms with Crippen molar-refractivity contribution in [3.05, 3.63) is 59.9 Å². The zero-order valence-electron chi connectivity index (χ0n) is 14.0. The van der Waals surface area contributed by atoms with Crippen LogP contribution in [0.3, 0.4) is 0 Å². The van der Waals surface area contributed by atoms with Crippen molar-refractivity contribution in [2.24, 2.45) is 0 Å². The molecule has 2 aromatic carbocycles. The molecule has 0 bridgehead atoms. The number of nitrogens with one attached hydrogen (secondary N) is 1. The SMILES string of the molecule is C[C@H](Oc1ccccc1)C(=O)O[C@H](C)C(=O)Nc1ccc(F)c(F)c1F. The van der Waals surface area contributed by atoms with Crippen molar-refractivity contribution in [3.63, 3.8) is 0 Å². The number of carbonyl (C=O) groups excluding carboxylic acids is 2. The molecule has 2 rings (SSSR count). The molecule has 0 aliphatic heterocycles. The van der Waals surface area contributed by atoms with Crippen LogP contribution in [0, 0.1) is 17.5 Å². The standard InChI is InChI=1S/C18H16F3NO4/c1-10(17(23)22-14-9-8-13(19)15(20)16(14)21)26-18(24)11(2)25-12-6-4-3-5-7-12/h3-11H,1-2H3,(H,22,23)/t10-,11+/m1/s1. The molecule has 0 aliphatic rings. The van der Waals surface area contributed by atoms with Gasteiger partial charge >= 0.3 is 5.97 Å². The molecule has 0 fully saturated rings. The Morgan fingerprint density at radius 1 is 0.923 bits per heavy atom. The molecule has 0 unspecified atom stereocenters. The number of anilines is 1. The Labute approximate surface area is 147 Å². The summed E-state index contributed by atoms with van der Waals surface area (Å²) in [7, 11) is 0. The third-order valence-corrected chi connectivity index (χ3v) is 3.34. The molecule has 26 heavy (non-hydrogen) atoms. The monoisotopic (exact) mass is 367 g/mol. The van der Waals surface area contributed by atoms with Crippen molar-refractivity contribution >= 4 is 17.6 Å². The minimum Gasteiger partial charge on any atom is -0.479 e. The van der Waals surface area contributed by atoms with Crippen molar-refractivity contribution < 1.29 is 32.2 Å². The molecule has 0 spiro atoms. The van der Waals surface area contributed by atoms with Crippen LogP contribution >= 0.6 is 0 Å². The van der Waals surface area contributed by atoms with Crippen LogP contribution in [0.5, 0.6) is 5.75 Å². The average Bonchev–Trinajstić information content (AvgIpc) is 2.62. The Morgan fingerprint density at radius 3 is 2.23 bits per heavy atom. The van der Waals surface area contributed by atoms with Gasteiger partial charge in [-0.2, -0.15) is 0 Å². The number of para-hydroxylation sites is 1. The minimum absolute atomic E-state index is 0.443. The summed E-state index contributed by atoms with van der Waals surface area (Å²) in [4.78, 5) is 23.9. The van der Waals surface area contributed by atoms with E-state index in [0.717, 1.165) is 6.07 Å². The first-order valence-electron chi connectivity index (χ1n) is 7.66. The number of benzene rings is 2. The smallest absolute Gasteiger partial charge is 0.347 e. The van der Waals surface area contributed by atoms with Crippen molar-refractivity contribution in [2.75, 3.05) is 5.32 Å². The molecule has 8 heteroatoms. The zero-order chi connectivity index (χ0) is 19.3. The molecule has 5 nitrogen and oxygen atoms in total. The van der Waals surface area contributed by atoms with Gasteiger partial charge in [0.2, 0.25) is 0 Å². The number of ether oxygens (including phenoxy) is 2. The molecule has 0 saturated heterocycles. The molecule has 138 valence electrons. The first-order valence-corrected chi connectivity index (χ1v) is 7.66. The van der Waals surface area contributed by atoms with Gasteiger partial charge in [-0.15, -0.1) is 0 Å². The van der Waals surface area contributed by atoms with Crippen molar-refractivity contribution in [2.45, 2.75) is 26.1 Å². The number of amides is 1. The fourth-order valence-electron chi connectivity index (χ4n) is 1.93. The number of esters is 1. The van der Waals surface area contributed by atoms with Crippen LogP contribution < -0.4 is 10.1 Å². The lowest BCUT2D eigenvalue weighted by molar-refractivity contribution is -0.159. The number of halogens is 3. The first kappa shape index (κ1) is 19.3. The van der Waals surface area contributed by atoms with Crippen molar-refractivity contribution in [1.82, 2.24) is 0 Å². The lowest BCUT2D eigenvalue weighted by atomic mass is 10.2. The van der Waals surface area contributed by atoms with E-state index in [9.17, 15) is 22.8 Å². The highest BCUT2D eigenvalue weighted by atomic mass is 19.2. The van der Waals surface area contributed by atoms with Crippen LogP contribution in [0.4, 0.5) is 18.9 Å². The number of hydrogen-bond donors (Lipinski definition) is 1. The maximum absolute atomic E-state index is 13.6. The average molecular weight is 367 g/mol. The van der Waals surface area contributed by atoms with E-state index in [4.69, 9.17) is 9.47 Å². The van der Waals surface area contributed by atoms with Crippen LogP contribution in [0.2, 0.25) is 0 Å². The summed E-state index contributed by atoms with van der Waals surface area (Å²) < 4.78 is 49.9. The summed E-state index contributed by atoms with van der Waals surface area (Å²) in [6.07, 6.45) is -2.30. The van der Waals surface area contributed by atoms with Gasteiger partial charge in [0.25, 0.3) is 5.91 Å². The molecule has 2 atom stereocenters. The maximum atomic E-state index is 13.6. The van der Waals surface area contributed by atoms with Gasteiger partial charge < -0.3 is 14.8 Å². The van der Waals surface area contributed by atoms with Crippen LogP contribution in [-0.2, 0) is 14.3 Å². The van der Waals surface area contributed by atoms with Crippen LogP contribution in [0.15, 0.2) is 42.5 Å². The van der Waals surface area contributed by atoms with Gasteiger partial charge in [-0.05, 0) is 38.1 Å². The molecule has 0 radical (unpaired) electrons. The molecule has 0 aromatic heterocycles. The third kappa shape index (κ3) is 4.75. The highest BCUT2D eigenvalue weighted by molar-refractivity contribution is 5.95. The second kappa shape index (κ2) is 8.37. The second-order valence-corrected chi connectivity index (χ2v) is 5.36. The van der Waals surface area contributed by atoms with E-state index >= 15 is 0 Å². The maximum Gasteiger partial charge on any atom is 0.347 e. The Balaban J connectivity index is 1.94. The van der Waals surface area contributed by atoms with Gasteiger partial charge in [-0.1, -0.05) is 18.2 Å². The van der Waals surface area contributed by atoms with Gasteiger partial charge in [-0.25, -0.2) is 18.0 Å². The summed E-state index contributed by atoms with van der Waals surface area (Å²) >= 11 is 0. The van der Waals surface area contributed by atoms with E-state index in [2.05, 4.69) is 0 Å². The topological polar surface area (TPSA) is 64.6 Å². The summed E-state index contributed by atoms with van der Waals surface area (Å²) in [5, 5.41) is 2.03. The Bertz CT molecular complexity index is 799. The number of hydrogen-bond acceptors (Lipinski definition) is 4. The van der Waals surface area contributed by atoms with Gasteiger partial charge in [0, 0.05) is 0 Å². The zero-order valence-corrected chi connectivity index (χ0v) is 14.0. The largest absolute Gasteiger partial charge is 0.479 e. The van der Waals surface area contributed by atoms with E-state index < -0.39 is 47.2 Å². The van der Waals surface area contributed by atoms with Gasteiger partial charge in [-0.3, -0.25) is 4.79 Å². The molecular weight excluding hydrogens is 351 g/mol. The van der Waals surface area contributed by atoms with Gasteiger partial charge in [0.05, 0.1) is 5.69 Å². The van der Waals surface area contributed by atoms with Crippen molar-refractivity contribution in [3.8, 4) is 5.75 Å². The molecule has 0 heterocycles. The number of rotatable bonds is 6. The second-order valence-electron chi connectivity index (χ2n) is 5.36. The summed E-state index contributed by atoms with van der Waals surface area (Å²) in [5.74, 6) is -5.92. The van der Waals surface area contributed by atoms with Crippen LogP contribution in [0.25, 0.3) is 0 Å². The molecule has 1 amide bonds. The van der Waals surface area contributed by atoms with E-state index in [1.807, 2.05) is 5.32 Å². The van der Waals surface area contributed by atoms with E-state index in [1.165, 1.54) is 13.8 Å². The Kier molecular flexibility index (Phi) is 6.21. The normalized spacial score (nSPS) is 12.8. The summed E-state index contributed by atoms with van der Waals surface area (Å²) in [5.41, 5.74) is -0.564. The highest BCUT2D eigenvalue weighted by Crippen LogP contribution is 2.20. The minimum atomic E-state index is -1.71. The fourth-order valence-corrected chi connectivity index (χ4v) is 1.93. The predicted octanol–water partition coefficient (Wildman–Crippen LogP) is 3.44. The van der Waals surface area contributed by atoms with Crippen LogP contribution in [0.1, 0.15) is 13.8 Å². The molecule has 0 aliphatic carbocycles. The summed E-state index contributed by atoms with van der Waals surface area (Å²) in [6, 6.07) is 10.0. The van der Waals surface area contributed by atoms with E-state index in [-0.39, 0.29) is 0 Å². The Morgan fingerprint density at radius 2 is 1.58 bits per heavy atom. The molecule has 1 N–H and O–H groups in total. The van der Waals surface area contributed by atoms with Crippen LogP contribution in [-0.4, -0.2) is 24.1 Å². The lowest BCUT2D eigenvalue weighted by Gasteiger charge is -2.18. The third-order valence-electron chi connectivity index (χ3n) is 3.34. The molecule has 0 saturated carbocycles. The van der Waals surface area contributed by atoms with Gasteiger partial charge in [0.1, 0.15) is 5.75 Å². The van der Waals surface area contributed by atoms with E-state index in [0.29, 0.717) is 11.8 Å². The van der Waals surface area contributed by atoms with Gasteiger partial charge in [0.15, 0.2) is 29.7 Å². The predicted molar refractivity (Wildman–Crippen MR) is 87.0 cm³/mol. The fraction of sp³-hybridized carbons (Fsp3) is 0.222. The molecular formula is C18H16F3NO4. The Hall–Kier alpha value is -3.03.